The molecule has 0 aliphatic rings. The van der Waals surface area contributed by atoms with Gasteiger partial charge >= 0.3 is 0 Å². The minimum absolute atomic E-state index is 0.355. The van der Waals surface area contributed by atoms with Crippen LogP contribution in [0.3, 0.4) is 0 Å². The molecule has 14 heavy (non-hydrogen) atoms. The van der Waals surface area contributed by atoms with E-state index in [1.54, 1.807) is 11.3 Å². The summed E-state index contributed by atoms with van der Waals surface area (Å²) in [6.45, 7) is 1.30. The van der Waals surface area contributed by atoms with E-state index in [-0.39, 0.29) is 0 Å². The zero-order chi connectivity index (χ0) is 10.4. The van der Waals surface area contributed by atoms with Gasteiger partial charge in [-0.15, -0.1) is 11.3 Å². The molecule has 0 fully saturated rings. The van der Waals surface area contributed by atoms with Gasteiger partial charge in [0.15, 0.2) is 5.11 Å². The molecule has 0 aliphatic carbocycles. The maximum absolute atomic E-state index is 8.46. The molecule has 0 spiro atoms. The van der Waals surface area contributed by atoms with E-state index >= 15 is 0 Å². The molecule has 1 rings (SSSR count). The average molecular weight is 225 g/mol. The number of thiophene rings is 1. The van der Waals surface area contributed by atoms with Gasteiger partial charge in [-0.05, 0) is 23.7 Å². The lowest BCUT2D eigenvalue weighted by Crippen LogP contribution is -2.35. The van der Waals surface area contributed by atoms with Crippen LogP contribution in [0.4, 0.5) is 0 Å². The van der Waals surface area contributed by atoms with Crippen LogP contribution in [-0.4, -0.2) is 16.6 Å². The van der Waals surface area contributed by atoms with E-state index in [4.69, 9.17) is 23.2 Å². The summed E-state index contributed by atoms with van der Waals surface area (Å²) in [5.74, 6) is 0. The van der Waals surface area contributed by atoms with Crippen molar-refractivity contribution in [2.24, 2.45) is 5.73 Å². The van der Waals surface area contributed by atoms with Gasteiger partial charge in [-0.2, -0.15) is 5.26 Å². The summed E-state index contributed by atoms with van der Waals surface area (Å²) < 4.78 is 0. The van der Waals surface area contributed by atoms with E-state index in [2.05, 4.69) is 6.07 Å². The number of nitriles is 1. The Morgan fingerprint density at radius 3 is 3.00 bits per heavy atom. The van der Waals surface area contributed by atoms with Crippen molar-refractivity contribution < 1.29 is 0 Å². The van der Waals surface area contributed by atoms with Crippen LogP contribution in [-0.2, 0) is 6.54 Å². The van der Waals surface area contributed by atoms with Gasteiger partial charge in [0.2, 0.25) is 0 Å². The lowest BCUT2D eigenvalue weighted by molar-refractivity contribution is 0.429. The van der Waals surface area contributed by atoms with Crippen molar-refractivity contribution >= 4 is 28.7 Å². The van der Waals surface area contributed by atoms with Crippen molar-refractivity contribution in [1.82, 2.24) is 4.90 Å². The molecule has 0 saturated carbocycles. The monoisotopic (exact) mass is 225 g/mol. The molecule has 3 nitrogen and oxygen atoms in total. The fraction of sp³-hybridized carbons (Fsp3) is 0.333. The van der Waals surface area contributed by atoms with Crippen molar-refractivity contribution in [2.45, 2.75) is 13.0 Å². The first-order valence-corrected chi connectivity index (χ1v) is 5.46. The lowest BCUT2D eigenvalue weighted by Gasteiger charge is -2.20. The summed E-state index contributed by atoms with van der Waals surface area (Å²) in [5, 5.41) is 10.8. The van der Waals surface area contributed by atoms with Gasteiger partial charge < -0.3 is 10.6 Å². The molecule has 1 aromatic heterocycles. The predicted octanol–water partition coefficient (Wildman–Crippen LogP) is 1.71. The van der Waals surface area contributed by atoms with Crippen LogP contribution >= 0.6 is 23.6 Å². The van der Waals surface area contributed by atoms with Gasteiger partial charge in [0.25, 0.3) is 0 Å². The van der Waals surface area contributed by atoms with Crippen molar-refractivity contribution in [2.75, 3.05) is 6.54 Å². The van der Waals surface area contributed by atoms with E-state index < -0.39 is 0 Å². The molecule has 74 valence electrons. The molecule has 0 unspecified atom stereocenters. The van der Waals surface area contributed by atoms with E-state index in [0.717, 1.165) is 0 Å². The van der Waals surface area contributed by atoms with Crippen LogP contribution in [0.5, 0.6) is 0 Å². The molecule has 0 bridgehead atoms. The molecular formula is C9H11N3S2. The number of hydrogen-bond donors (Lipinski definition) is 1. The first kappa shape index (κ1) is 11.0. The first-order chi connectivity index (χ1) is 6.74. The van der Waals surface area contributed by atoms with Gasteiger partial charge in [-0.25, -0.2) is 0 Å². The quantitative estimate of drug-likeness (QED) is 0.793. The highest BCUT2D eigenvalue weighted by molar-refractivity contribution is 7.80. The SMILES string of the molecule is N#CCCN(Cc1cccs1)C(N)=S. The number of hydrogen-bond acceptors (Lipinski definition) is 3. The van der Waals surface area contributed by atoms with Crippen molar-refractivity contribution in [3.05, 3.63) is 22.4 Å². The van der Waals surface area contributed by atoms with E-state index in [1.165, 1.54) is 4.88 Å². The smallest absolute Gasteiger partial charge is 0.166 e. The summed E-state index contributed by atoms with van der Waals surface area (Å²) in [7, 11) is 0. The van der Waals surface area contributed by atoms with Crippen LogP contribution in [0.2, 0.25) is 0 Å². The molecule has 1 heterocycles. The molecule has 0 saturated heterocycles. The second kappa shape index (κ2) is 5.58. The molecule has 5 heteroatoms. The fourth-order valence-corrected chi connectivity index (χ4v) is 1.92. The number of nitrogens with zero attached hydrogens (tertiary/aromatic N) is 2. The van der Waals surface area contributed by atoms with Gasteiger partial charge in [0, 0.05) is 11.4 Å². The van der Waals surface area contributed by atoms with Crippen molar-refractivity contribution in [3.8, 4) is 6.07 Å². The molecular weight excluding hydrogens is 214 g/mol. The molecule has 1 aromatic rings. The summed E-state index contributed by atoms with van der Waals surface area (Å²) >= 11 is 6.56. The second-order valence-electron chi connectivity index (χ2n) is 2.75. The minimum atomic E-state index is 0.355. The Balaban J connectivity index is 2.52. The van der Waals surface area contributed by atoms with Crippen molar-refractivity contribution in [1.29, 1.82) is 5.26 Å². The standard InChI is InChI=1S/C9H11N3S2/c10-4-2-5-12(9(11)13)7-8-3-1-6-14-8/h1,3,6H,2,5,7H2,(H2,11,13). The molecule has 2 N–H and O–H groups in total. The maximum Gasteiger partial charge on any atom is 0.166 e. The maximum atomic E-state index is 8.46. The summed E-state index contributed by atoms with van der Waals surface area (Å²) in [6, 6.07) is 6.10. The zero-order valence-electron chi connectivity index (χ0n) is 7.64. The number of rotatable bonds is 4. The second-order valence-corrected chi connectivity index (χ2v) is 4.20. The van der Waals surface area contributed by atoms with Gasteiger partial charge in [-0.3, -0.25) is 0 Å². The summed E-state index contributed by atoms with van der Waals surface area (Å²) in [6.07, 6.45) is 0.447. The molecule has 0 aromatic carbocycles. The predicted molar refractivity (Wildman–Crippen MR) is 61.7 cm³/mol. The molecule has 0 amide bonds. The van der Waals surface area contributed by atoms with Crippen LogP contribution < -0.4 is 5.73 Å². The first-order valence-electron chi connectivity index (χ1n) is 4.17. The third-order valence-corrected chi connectivity index (χ3v) is 2.85. The Bertz CT molecular complexity index is 326. The fourth-order valence-electron chi connectivity index (χ4n) is 1.04. The average Bonchev–Trinajstić information content (AvgIpc) is 2.64. The Morgan fingerprint density at radius 1 is 1.71 bits per heavy atom. The normalized spacial score (nSPS) is 9.36. The van der Waals surface area contributed by atoms with Crippen LogP contribution in [0, 0.1) is 11.3 Å². The molecule has 0 atom stereocenters. The third-order valence-electron chi connectivity index (χ3n) is 1.73. The van der Waals surface area contributed by atoms with E-state index in [1.807, 2.05) is 22.4 Å². The Morgan fingerprint density at radius 2 is 2.50 bits per heavy atom. The topological polar surface area (TPSA) is 53.0 Å². The largest absolute Gasteiger partial charge is 0.376 e. The highest BCUT2D eigenvalue weighted by Crippen LogP contribution is 2.11. The Labute approximate surface area is 92.7 Å². The summed E-state index contributed by atoms with van der Waals surface area (Å²) in [4.78, 5) is 3.04. The van der Waals surface area contributed by atoms with Gasteiger partial charge in [0.05, 0.1) is 19.0 Å². The minimum Gasteiger partial charge on any atom is -0.376 e. The number of nitrogens with two attached hydrogens (primary N) is 1. The van der Waals surface area contributed by atoms with E-state index in [9.17, 15) is 0 Å². The van der Waals surface area contributed by atoms with Gasteiger partial charge in [0.1, 0.15) is 0 Å². The molecule has 0 radical (unpaired) electrons. The van der Waals surface area contributed by atoms with Crippen molar-refractivity contribution in [3.63, 3.8) is 0 Å². The van der Waals surface area contributed by atoms with Gasteiger partial charge in [-0.1, -0.05) is 6.07 Å². The zero-order valence-corrected chi connectivity index (χ0v) is 9.27. The lowest BCUT2D eigenvalue weighted by atomic mass is 10.4. The Hall–Kier alpha value is -1.12. The van der Waals surface area contributed by atoms with Crippen LogP contribution in [0.25, 0.3) is 0 Å². The summed E-state index contributed by atoms with van der Waals surface area (Å²) in [5.41, 5.74) is 5.55. The van der Waals surface area contributed by atoms with Crippen LogP contribution in [0.1, 0.15) is 11.3 Å². The van der Waals surface area contributed by atoms with Crippen LogP contribution in [0.15, 0.2) is 17.5 Å². The number of thiocarbonyl (C=S) groups is 1. The highest BCUT2D eigenvalue weighted by Gasteiger charge is 2.06. The van der Waals surface area contributed by atoms with E-state index in [0.29, 0.717) is 24.6 Å². The Kier molecular flexibility index (Phi) is 4.36. The highest BCUT2D eigenvalue weighted by atomic mass is 32.1. The molecule has 0 aliphatic heterocycles. The third kappa shape index (κ3) is 3.32.